The second-order valence-corrected chi connectivity index (χ2v) is 5.19. The number of anilines is 1. The predicted octanol–water partition coefficient (Wildman–Crippen LogP) is 2.93. The number of aromatic nitrogens is 1. The van der Waals surface area contributed by atoms with Gasteiger partial charge in [0, 0.05) is 29.9 Å². The van der Waals surface area contributed by atoms with Gasteiger partial charge in [-0.25, -0.2) is 0 Å². The summed E-state index contributed by atoms with van der Waals surface area (Å²) in [6, 6.07) is 6.28. The van der Waals surface area contributed by atoms with Gasteiger partial charge in [-0.15, -0.1) is 11.3 Å². The molecule has 0 aliphatic rings. The van der Waals surface area contributed by atoms with Crippen molar-refractivity contribution >= 4 is 22.9 Å². The zero-order valence-corrected chi connectivity index (χ0v) is 11.6. The van der Waals surface area contributed by atoms with Crippen molar-refractivity contribution in [1.29, 1.82) is 0 Å². The second kappa shape index (κ2) is 6.68. The minimum atomic E-state index is -4.89. The Kier molecular flexibility index (Phi) is 4.92. The minimum absolute atomic E-state index is 0.120. The molecule has 0 aliphatic heterocycles. The maximum Gasteiger partial charge on any atom is 0.471 e. The first-order valence-electron chi connectivity index (χ1n) is 6.00. The fraction of sp³-hybridized carbons (Fsp3) is 0.231. The lowest BCUT2D eigenvalue weighted by atomic mass is 10.2. The Labute approximate surface area is 123 Å². The number of alkyl halides is 3. The van der Waals surface area contributed by atoms with Crippen LogP contribution in [0.4, 0.5) is 18.9 Å². The van der Waals surface area contributed by atoms with E-state index in [1.165, 1.54) is 23.5 Å². The summed E-state index contributed by atoms with van der Waals surface area (Å²) in [5.74, 6) is -1.97. The summed E-state index contributed by atoms with van der Waals surface area (Å²) in [6.45, 7) is 1.11. The van der Waals surface area contributed by atoms with Crippen molar-refractivity contribution in [1.82, 2.24) is 10.3 Å². The highest BCUT2D eigenvalue weighted by Crippen LogP contribution is 2.19. The highest BCUT2D eigenvalue weighted by Gasteiger charge is 2.38. The van der Waals surface area contributed by atoms with Crippen molar-refractivity contribution in [3.8, 4) is 0 Å². The van der Waals surface area contributed by atoms with Gasteiger partial charge in [-0.3, -0.25) is 9.78 Å². The van der Waals surface area contributed by atoms with E-state index in [-0.39, 0.29) is 5.69 Å². The molecule has 0 unspecified atom stereocenters. The standard InChI is InChI=1S/C13H12F3N3OS/c14-13(15,16)12(20)19-10-3-1-2-9(4-10)5-17-6-11-7-18-8-21-11/h1-4,7-8,17H,5-6H2,(H,19,20). The van der Waals surface area contributed by atoms with Crippen molar-refractivity contribution in [2.75, 3.05) is 5.32 Å². The fourth-order valence-corrected chi connectivity index (χ4v) is 2.18. The molecule has 0 atom stereocenters. The number of nitrogens with one attached hydrogen (secondary N) is 2. The number of hydrogen-bond donors (Lipinski definition) is 2. The van der Waals surface area contributed by atoms with E-state index >= 15 is 0 Å². The molecule has 112 valence electrons. The number of nitrogens with zero attached hydrogens (tertiary/aromatic N) is 1. The van der Waals surface area contributed by atoms with E-state index in [0.717, 1.165) is 10.4 Å². The van der Waals surface area contributed by atoms with Crippen LogP contribution in [0, 0.1) is 0 Å². The summed E-state index contributed by atoms with van der Waals surface area (Å²) in [5.41, 5.74) is 2.62. The van der Waals surface area contributed by atoms with Crippen LogP contribution in [-0.2, 0) is 17.9 Å². The average Bonchev–Trinajstić information content (AvgIpc) is 2.91. The molecule has 1 amide bonds. The van der Waals surface area contributed by atoms with E-state index in [4.69, 9.17) is 0 Å². The Morgan fingerprint density at radius 2 is 2.10 bits per heavy atom. The molecule has 2 rings (SSSR count). The van der Waals surface area contributed by atoms with Crippen LogP contribution in [0.2, 0.25) is 0 Å². The van der Waals surface area contributed by atoms with Gasteiger partial charge < -0.3 is 10.6 Å². The van der Waals surface area contributed by atoms with Crippen LogP contribution in [0.25, 0.3) is 0 Å². The molecule has 0 saturated carbocycles. The molecule has 2 N–H and O–H groups in total. The number of thiazole rings is 1. The number of benzene rings is 1. The zero-order chi connectivity index (χ0) is 15.3. The van der Waals surface area contributed by atoms with Crippen molar-refractivity contribution in [2.45, 2.75) is 19.3 Å². The average molecular weight is 315 g/mol. The summed E-state index contributed by atoms with van der Waals surface area (Å²) >= 11 is 1.52. The number of hydrogen-bond acceptors (Lipinski definition) is 4. The van der Waals surface area contributed by atoms with Gasteiger partial charge in [-0.05, 0) is 17.7 Å². The van der Waals surface area contributed by atoms with E-state index in [0.29, 0.717) is 13.1 Å². The molecular formula is C13H12F3N3OS. The maximum atomic E-state index is 12.2. The molecule has 0 spiro atoms. The monoisotopic (exact) mass is 315 g/mol. The van der Waals surface area contributed by atoms with E-state index in [1.807, 2.05) is 5.32 Å². The highest BCUT2D eigenvalue weighted by atomic mass is 32.1. The lowest BCUT2D eigenvalue weighted by molar-refractivity contribution is -0.167. The van der Waals surface area contributed by atoms with E-state index < -0.39 is 12.1 Å². The number of amides is 1. The molecule has 4 nitrogen and oxygen atoms in total. The molecule has 1 aromatic carbocycles. The third kappa shape index (κ3) is 4.83. The Bertz CT molecular complexity index is 599. The smallest absolute Gasteiger partial charge is 0.318 e. The summed E-state index contributed by atoms with van der Waals surface area (Å²) in [6.07, 6.45) is -3.14. The van der Waals surface area contributed by atoms with Gasteiger partial charge in [0.25, 0.3) is 0 Å². The van der Waals surface area contributed by atoms with E-state index in [2.05, 4.69) is 10.3 Å². The zero-order valence-electron chi connectivity index (χ0n) is 10.8. The molecule has 0 aliphatic carbocycles. The molecule has 1 heterocycles. The normalized spacial score (nSPS) is 11.4. The first-order valence-corrected chi connectivity index (χ1v) is 6.88. The van der Waals surface area contributed by atoms with Crippen LogP contribution in [0.5, 0.6) is 0 Å². The molecular weight excluding hydrogens is 303 g/mol. The number of rotatable bonds is 5. The fourth-order valence-electron chi connectivity index (χ4n) is 1.62. The summed E-state index contributed by atoms with van der Waals surface area (Å²) in [7, 11) is 0. The molecule has 8 heteroatoms. The third-order valence-corrected chi connectivity index (χ3v) is 3.33. The van der Waals surface area contributed by atoms with Crippen LogP contribution in [0.15, 0.2) is 36.0 Å². The van der Waals surface area contributed by atoms with Crippen LogP contribution >= 0.6 is 11.3 Å². The minimum Gasteiger partial charge on any atom is -0.318 e. The SMILES string of the molecule is O=C(Nc1cccc(CNCc2cncs2)c1)C(F)(F)F. The first kappa shape index (κ1) is 15.5. The van der Waals surface area contributed by atoms with Gasteiger partial charge in [0.2, 0.25) is 0 Å². The van der Waals surface area contributed by atoms with Gasteiger partial charge in [-0.2, -0.15) is 13.2 Å². The molecule has 0 radical (unpaired) electrons. The van der Waals surface area contributed by atoms with Gasteiger partial charge in [0.15, 0.2) is 0 Å². The molecule has 1 aromatic heterocycles. The lowest BCUT2D eigenvalue weighted by Crippen LogP contribution is -2.29. The van der Waals surface area contributed by atoms with Crippen LogP contribution in [0.3, 0.4) is 0 Å². The van der Waals surface area contributed by atoms with E-state index in [9.17, 15) is 18.0 Å². The van der Waals surface area contributed by atoms with Crippen molar-refractivity contribution in [2.24, 2.45) is 0 Å². The number of halogens is 3. The number of carbonyl (C=O) groups excluding carboxylic acids is 1. The van der Waals surface area contributed by atoms with Gasteiger partial charge in [0.1, 0.15) is 0 Å². The molecule has 21 heavy (non-hydrogen) atoms. The van der Waals surface area contributed by atoms with Gasteiger partial charge >= 0.3 is 12.1 Å². The molecule has 0 fully saturated rings. The summed E-state index contributed by atoms with van der Waals surface area (Å²) in [5, 5.41) is 4.98. The molecule has 0 bridgehead atoms. The quantitative estimate of drug-likeness (QED) is 0.892. The number of carbonyl (C=O) groups is 1. The lowest BCUT2D eigenvalue weighted by Gasteiger charge is -2.09. The Morgan fingerprint density at radius 1 is 1.29 bits per heavy atom. The molecule has 0 saturated heterocycles. The Balaban J connectivity index is 1.90. The van der Waals surface area contributed by atoms with Crippen LogP contribution < -0.4 is 10.6 Å². The topological polar surface area (TPSA) is 54.0 Å². The maximum absolute atomic E-state index is 12.2. The summed E-state index contributed by atoms with van der Waals surface area (Å²) < 4.78 is 36.5. The van der Waals surface area contributed by atoms with Crippen LogP contribution in [0.1, 0.15) is 10.4 Å². The van der Waals surface area contributed by atoms with Gasteiger partial charge in [0.05, 0.1) is 5.51 Å². The van der Waals surface area contributed by atoms with Crippen molar-refractivity contribution < 1.29 is 18.0 Å². The summed E-state index contributed by atoms with van der Waals surface area (Å²) in [4.78, 5) is 15.9. The second-order valence-electron chi connectivity index (χ2n) is 4.22. The Morgan fingerprint density at radius 3 is 2.76 bits per heavy atom. The molecule has 2 aromatic rings. The largest absolute Gasteiger partial charge is 0.471 e. The first-order chi connectivity index (χ1) is 9.95. The van der Waals surface area contributed by atoms with Crippen molar-refractivity contribution in [3.63, 3.8) is 0 Å². The van der Waals surface area contributed by atoms with Crippen LogP contribution in [-0.4, -0.2) is 17.1 Å². The predicted molar refractivity (Wildman–Crippen MR) is 73.8 cm³/mol. The van der Waals surface area contributed by atoms with Gasteiger partial charge in [-0.1, -0.05) is 12.1 Å². The Hall–Kier alpha value is -1.93. The third-order valence-electron chi connectivity index (χ3n) is 2.55. The van der Waals surface area contributed by atoms with E-state index in [1.54, 1.807) is 23.8 Å². The highest BCUT2D eigenvalue weighted by molar-refractivity contribution is 7.09. The van der Waals surface area contributed by atoms with Crippen molar-refractivity contribution in [3.05, 3.63) is 46.4 Å².